The number of carbonyl (C=O) groups excluding carboxylic acids is 1. The Bertz CT molecular complexity index is 873. The number of rotatable bonds is 6. The average molecular weight is 438 g/mol. The molecule has 1 fully saturated rings. The van der Waals surface area contributed by atoms with Crippen LogP contribution in [0.1, 0.15) is 39.3 Å². The molecule has 1 N–H and O–H groups in total. The number of benzene rings is 2. The topological polar surface area (TPSA) is 55.4 Å². The first-order valence-electron chi connectivity index (χ1n) is 9.40. The van der Waals surface area contributed by atoms with Gasteiger partial charge in [0.2, 0.25) is 0 Å². The molecular weight excluding hydrogens is 410 g/mol. The number of carbonyl (C=O) groups is 1. The molecule has 4 nitrogen and oxygen atoms in total. The molecule has 0 saturated carbocycles. The predicted octanol–water partition coefficient (Wildman–Crippen LogP) is 4.67. The summed E-state index contributed by atoms with van der Waals surface area (Å²) in [5.41, 5.74) is 0.950. The highest BCUT2D eigenvalue weighted by molar-refractivity contribution is 8.22. The van der Waals surface area contributed by atoms with Crippen LogP contribution < -0.4 is 4.72 Å². The third-order valence-corrected chi connectivity index (χ3v) is 9.55. The van der Waals surface area contributed by atoms with E-state index in [1.54, 1.807) is 23.5 Å². The van der Waals surface area contributed by atoms with Crippen molar-refractivity contribution in [1.82, 2.24) is 4.72 Å². The van der Waals surface area contributed by atoms with Crippen LogP contribution in [0.4, 0.5) is 0 Å². The van der Waals surface area contributed by atoms with Crippen LogP contribution in [0.3, 0.4) is 0 Å². The quantitative estimate of drug-likeness (QED) is 0.666. The van der Waals surface area contributed by atoms with Gasteiger partial charge in [0.1, 0.15) is 0 Å². The van der Waals surface area contributed by atoms with Crippen LogP contribution in [-0.2, 0) is 20.5 Å². The molecule has 0 aromatic heterocycles. The number of nitrogens with one attached hydrogen (secondary N) is 1. The number of fused-ring (bicyclic) bond motifs is 1. The Morgan fingerprint density at radius 1 is 1.18 bits per heavy atom. The van der Waals surface area contributed by atoms with Gasteiger partial charge in [-0.15, -0.1) is 23.5 Å². The van der Waals surface area contributed by atoms with Crippen molar-refractivity contribution in [3.05, 3.63) is 48.0 Å². The molecule has 152 valence electrons. The van der Waals surface area contributed by atoms with Gasteiger partial charge >= 0.3 is 5.97 Å². The molecule has 0 amide bonds. The van der Waals surface area contributed by atoms with E-state index in [1.165, 1.54) is 0 Å². The van der Waals surface area contributed by atoms with Gasteiger partial charge in [-0.05, 0) is 50.1 Å². The van der Waals surface area contributed by atoms with E-state index >= 15 is 0 Å². The van der Waals surface area contributed by atoms with E-state index in [1.807, 2.05) is 45.9 Å². The van der Waals surface area contributed by atoms with Crippen LogP contribution >= 0.6 is 23.5 Å². The highest BCUT2D eigenvalue weighted by Gasteiger charge is 2.52. The highest BCUT2D eigenvalue weighted by atomic mass is 32.2. The Kier molecular flexibility index (Phi) is 6.80. The molecule has 1 heterocycles. The molecule has 7 heteroatoms. The maximum absolute atomic E-state index is 13.1. The highest BCUT2D eigenvalue weighted by Crippen LogP contribution is 2.53. The summed E-state index contributed by atoms with van der Waals surface area (Å²) in [5, 5.41) is 2.24. The fourth-order valence-corrected chi connectivity index (χ4v) is 7.31. The van der Waals surface area contributed by atoms with Crippen molar-refractivity contribution in [2.45, 2.75) is 42.6 Å². The lowest BCUT2D eigenvalue weighted by atomic mass is 9.99. The SMILES string of the molecule is CCOC(=O)C1([C@@H](N[S@@](=O)C(C)(C)C)c2ccc3ccccc3c2)SCCS1. The van der Waals surface area contributed by atoms with E-state index in [0.29, 0.717) is 6.61 Å². The summed E-state index contributed by atoms with van der Waals surface area (Å²) < 4.78 is 20.5. The van der Waals surface area contributed by atoms with Gasteiger partial charge in [-0.3, -0.25) is 0 Å². The maximum atomic E-state index is 13.1. The third kappa shape index (κ3) is 4.42. The summed E-state index contributed by atoms with van der Waals surface area (Å²) in [7, 11) is -1.33. The minimum atomic E-state index is -1.33. The largest absolute Gasteiger partial charge is 0.464 e. The first kappa shape index (κ1) is 21.7. The van der Waals surface area contributed by atoms with Crippen LogP contribution in [-0.4, -0.2) is 37.1 Å². The number of hydrogen-bond donors (Lipinski definition) is 1. The molecule has 2 atom stereocenters. The van der Waals surface area contributed by atoms with Crippen molar-refractivity contribution in [2.75, 3.05) is 18.1 Å². The van der Waals surface area contributed by atoms with E-state index in [-0.39, 0.29) is 5.97 Å². The summed E-state index contributed by atoms with van der Waals surface area (Å²) in [6.07, 6.45) is 0. The second-order valence-corrected chi connectivity index (χ2v) is 12.6. The first-order valence-corrected chi connectivity index (χ1v) is 12.5. The maximum Gasteiger partial charge on any atom is 0.334 e. The Morgan fingerprint density at radius 3 is 2.43 bits per heavy atom. The van der Waals surface area contributed by atoms with Crippen molar-refractivity contribution in [1.29, 1.82) is 0 Å². The van der Waals surface area contributed by atoms with Gasteiger partial charge in [-0.2, -0.15) is 0 Å². The Morgan fingerprint density at radius 2 is 1.82 bits per heavy atom. The van der Waals surface area contributed by atoms with E-state index in [0.717, 1.165) is 27.8 Å². The van der Waals surface area contributed by atoms with Crippen LogP contribution in [0.5, 0.6) is 0 Å². The number of thioether (sulfide) groups is 2. The molecule has 0 unspecified atom stereocenters. The third-order valence-electron chi connectivity index (χ3n) is 4.54. The van der Waals surface area contributed by atoms with Crippen LogP contribution in [0.15, 0.2) is 42.5 Å². The summed E-state index contributed by atoms with van der Waals surface area (Å²) >= 11 is 3.18. The predicted molar refractivity (Wildman–Crippen MR) is 122 cm³/mol. The molecule has 2 aromatic carbocycles. The summed E-state index contributed by atoms with van der Waals surface area (Å²) in [4.78, 5) is 13.1. The number of ether oxygens (including phenoxy) is 1. The van der Waals surface area contributed by atoms with Crippen LogP contribution in [0.25, 0.3) is 10.8 Å². The van der Waals surface area contributed by atoms with E-state index in [4.69, 9.17) is 4.74 Å². The van der Waals surface area contributed by atoms with E-state index < -0.39 is 25.9 Å². The summed E-state index contributed by atoms with van der Waals surface area (Å²) in [6, 6.07) is 13.9. The lowest BCUT2D eigenvalue weighted by Gasteiger charge is -2.36. The summed E-state index contributed by atoms with van der Waals surface area (Å²) in [6.45, 7) is 7.94. The zero-order chi connectivity index (χ0) is 20.4. The number of esters is 1. The average Bonchev–Trinajstić information content (AvgIpc) is 3.16. The molecule has 0 spiro atoms. The molecule has 1 aliphatic rings. The van der Waals surface area contributed by atoms with Crippen LogP contribution in [0, 0.1) is 0 Å². The fraction of sp³-hybridized carbons (Fsp3) is 0.476. The van der Waals surface area contributed by atoms with Gasteiger partial charge in [0.05, 0.1) is 28.4 Å². The lowest BCUT2D eigenvalue weighted by molar-refractivity contribution is -0.143. The van der Waals surface area contributed by atoms with Gasteiger partial charge in [-0.1, -0.05) is 36.4 Å². The van der Waals surface area contributed by atoms with Gasteiger partial charge < -0.3 is 4.74 Å². The molecule has 0 radical (unpaired) electrons. The normalized spacial score (nSPS) is 18.7. The molecule has 2 aromatic rings. The smallest absolute Gasteiger partial charge is 0.334 e. The van der Waals surface area contributed by atoms with Crippen molar-refractivity contribution in [3.63, 3.8) is 0 Å². The van der Waals surface area contributed by atoms with E-state index in [2.05, 4.69) is 29.0 Å². The van der Waals surface area contributed by atoms with Crippen molar-refractivity contribution < 1.29 is 13.7 Å². The molecule has 1 aliphatic heterocycles. The van der Waals surface area contributed by atoms with Crippen molar-refractivity contribution in [3.8, 4) is 0 Å². The van der Waals surface area contributed by atoms with Gasteiger partial charge in [0.15, 0.2) is 4.08 Å². The standard InChI is InChI=1S/C21H27NO3S3/c1-5-25-19(23)21(26-12-13-27-21)18(22-28(24)20(2,3)4)17-11-10-15-8-6-7-9-16(15)14-17/h6-11,14,18,22H,5,12-13H2,1-4H3/t18-,28-/m0/s1. The van der Waals surface area contributed by atoms with Crippen molar-refractivity contribution >= 4 is 51.3 Å². The molecule has 0 bridgehead atoms. The fourth-order valence-electron chi connectivity index (χ4n) is 3.10. The second kappa shape index (κ2) is 8.78. The number of hydrogen-bond acceptors (Lipinski definition) is 5. The van der Waals surface area contributed by atoms with Crippen molar-refractivity contribution in [2.24, 2.45) is 0 Å². The Balaban J connectivity index is 2.09. The minimum Gasteiger partial charge on any atom is -0.464 e. The van der Waals surface area contributed by atoms with Gasteiger partial charge in [0, 0.05) is 11.5 Å². The Labute approximate surface area is 178 Å². The van der Waals surface area contributed by atoms with Gasteiger partial charge in [0.25, 0.3) is 0 Å². The molecular formula is C21H27NO3S3. The molecule has 3 rings (SSSR count). The van der Waals surface area contributed by atoms with E-state index in [9.17, 15) is 9.00 Å². The zero-order valence-electron chi connectivity index (χ0n) is 16.7. The molecule has 0 aliphatic carbocycles. The lowest BCUT2D eigenvalue weighted by Crippen LogP contribution is -2.48. The van der Waals surface area contributed by atoms with Crippen LogP contribution in [0.2, 0.25) is 0 Å². The summed E-state index contributed by atoms with van der Waals surface area (Å²) in [5.74, 6) is 1.47. The zero-order valence-corrected chi connectivity index (χ0v) is 19.1. The van der Waals surface area contributed by atoms with Gasteiger partial charge in [-0.25, -0.2) is 13.7 Å². The second-order valence-electron chi connectivity index (χ2n) is 7.62. The molecule has 1 saturated heterocycles. The monoisotopic (exact) mass is 437 g/mol. The minimum absolute atomic E-state index is 0.251. The molecule has 28 heavy (non-hydrogen) atoms. The first-order chi connectivity index (χ1) is 13.3. The Hall–Kier alpha value is -1.02.